The normalized spacial score (nSPS) is 12.4. The number of ether oxygens (including phenoxy) is 2. The van der Waals surface area contributed by atoms with Gasteiger partial charge in [-0.05, 0) is 49.5 Å². The SMILES string of the molecule is Cc1cccc(NC(=S)NC(=O)c2ccc3c(c2)OCCO3)n1. The molecule has 0 atom stereocenters. The number of aryl methyl sites for hydroxylation is 1. The van der Waals surface area contributed by atoms with Gasteiger partial charge >= 0.3 is 0 Å². The molecule has 2 heterocycles. The lowest BCUT2D eigenvalue weighted by atomic mass is 10.2. The van der Waals surface area contributed by atoms with Gasteiger partial charge in [-0.2, -0.15) is 0 Å². The van der Waals surface area contributed by atoms with Crippen LogP contribution in [0, 0.1) is 6.92 Å². The zero-order valence-electron chi connectivity index (χ0n) is 12.5. The average molecular weight is 329 g/mol. The van der Waals surface area contributed by atoms with Crippen LogP contribution < -0.4 is 20.1 Å². The van der Waals surface area contributed by atoms with E-state index in [9.17, 15) is 4.79 Å². The van der Waals surface area contributed by atoms with Gasteiger partial charge in [0.25, 0.3) is 5.91 Å². The highest BCUT2D eigenvalue weighted by atomic mass is 32.1. The van der Waals surface area contributed by atoms with Crippen molar-refractivity contribution in [2.45, 2.75) is 6.92 Å². The molecule has 2 aromatic rings. The number of pyridine rings is 1. The number of thiocarbonyl (C=S) groups is 1. The second-order valence-corrected chi connectivity index (χ2v) is 5.34. The fourth-order valence-corrected chi connectivity index (χ4v) is 2.32. The summed E-state index contributed by atoms with van der Waals surface area (Å²) in [7, 11) is 0. The number of hydrogen-bond acceptors (Lipinski definition) is 5. The van der Waals surface area contributed by atoms with Gasteiger partial charge in [0, 0.05) is 11.3 Å². The smallest absolute Gasteiger partial charge is 0.257 e. The first kappa shape index (κ1) is 15.2. The van der Waals surface area contributed by atoms with Gasteiger partial charge in [-0.3, -0.25) is 10.1 Å². The summed E-state index contributed by atoms with van der Waals surface area (Å²) in [6.07, 6.45) is 0. The Morgan fingerprint density at radius 2 is 1.96 bits per heavy atom. The first-order valence-electron chi connectivity index (χ1n) is 7.07. The van der Waals surface area contributed by atoms with Crippen LogP contribution in [0.4, 0.5) is 5.82 Å². The maximum Gasteiger partial charge on any atom is 0.257 e. The van der Waals surface area contributed by atoms with E-state index < -0.39 is 0 Å². The highest BCUT2D eigenvalue weighted by Gasteiger charge is 2.15. The quantitative estimate of drug-likeness (QED) is 0.824. The number of anilines is 1. The lowest BCUT2D eigenvalue weighted by Gasteiger charge is -2.18. The number of amides is 1. The molecule has 0 saturated carbocycles. The van der Waals surface area contributed by atoms with Crippen molar-refractivity contribution in [3.63, 3.8) is 0 Å². The van der Waals surface area contributed by atoms with E-state index in [0.29, 0.717) is 36.1 Å². The van der Waals surface area contributed by atoms with Crippen LogP contribution in [0.2, 0.25) is 0 Å². The van der Waals surface area contributed by atoms with Gasteiger partial charge in [0.1, 0.15) is 19.0 Å². The summed E-state index contributed by atoms with van der Waals surface area (Å²) in [5.41, 5.74) is 1.30. The topological polar surface area (TPSA) is 72.5 Å². The Balaban J connectivity index is 1.65. The van der Waals surface area contributed by atoms with Crippen LogP contribution >= 0.6 is 12.2 Å². The summed E-state index contributed by atoms with van der Waals surface area (Å²) in [6.45, 7) is 2.86. The third kappa shape index (κ3) is 3.75. The van der Waals surface area contributed by atoms with Crippen molar-refractivity contribution >= 4 is 29.1 Å². The Morgan fingerprint density at radius 1 is 1.17 bits per heavy atom. The molecular formula is C16H15N3O3S. The Bertz CT molecular complexity index is 764. The van der Waals surface area contributed by atoms with Crippen molar-refractivity contribution in [2.24, 2.45) is 0 Å². The molecule has 0 unspecified atom stereocenters. The Hall–Kier alpha value is -2.67. The van der Waals surface area contributed by atoms with Crippen molar-refractivity contribution < 1.29 is 14.3 Å². The molecule has 1 aliphatic rings. The molecule has 1 aliphatic heterocycles. The second kappa shape index (κ2) is 6.62. The molecular weight excluding hydrogens is 314 g/mol. The van der Waals surface area contributed by atoms with Crippen LogP contribution in [0.3, 0.4) is 0 Å². The van der Waals surface area contributed by atoms with E-state index in [2.05, 4.69) is 15.6 Å². The highest BCUT2D eigenvalue weighted by Crippen LogP contribution is 2.30. The van der Waals surface area contributed by atoms with Crippen molar-refractivity contribution in [1.82, 2.24) is 10.3 Å². The molecule has 7 heteroatoms. The lowest BCUT2D eigenvalue weighted by Crippen LogP contribution is -2.34. The molecule has 0 saturated heterocycles. The first-order valence-corrected chi connectivity index (χ1v) is 7.48. The van der Waals surface area contributed by atoms with E-state index in [1.54, 1.807) is 24.3 Å². The zero-order chi connectivity index (χ0) is 16.2. The summed E-state index contributed by atoms with van der Waals surface area (Å²) in [4.78, 5) is 16.5. The Labute approximate surface area is 138 Å². The van der Waals surface area contributed by atoms with E-state index >= 15 is 0 Å². The molecule has 3 rings (SSSR count). The Morgan fingerprint density at radius 3 is 2.74 bits per heavy atom. The van der Waals surface area contributed by atoms with Crippen molar-refractivity contribution in [3.05, 3.63) is 47.7 Å². The van der Waals surface area contributed by atoms with Gasteiger partial charge in [0.2, 0.25) is 0 Å². The van der Waals surface area contributed by atoms with E-state index in [0.717, 1.165) is 5.69 Å². The van der Waals surface area contributed by atoms with Gasteiger partial charge in [0.15, 0.2) is 16.6 Å². The molecule has 118 valence electrons. The molecule has 1 aromatic heterocycles. The number of hydrogen-bond donors (Lipinski definition) is 2. The molecule has 23 heavy (non-hydrogen) atoms. The van der Waals surface area contributed by atoms with Crippen molar-refractivity contribution in [1.29, 1.82) is 0 Å². The first-order chi connectivity index (χ1) is 11.1. The largest absolute Gasteiger partial charge is 0.486 e. The summed E-state index contributed by atoms with van der Waals surface area (Å²) in [6, 6.07) is 10.5. The fraction of sp³-hybridized carbons (Fsp3) is 0.188. The Kier molecular flexibility index (Phi) is 4.38. The molecule has 1 aromatic carbocycles. The summed E-state index contributed by atoms with van der Waals surface area (Å²) < 4.78 is 10.9. The number of nitrogens with zero attached hydrogens (tertiary/aromatic N) is 1. The third-order valence-electron chi connectivity index (χ3n) is 3.16. The van der Waals surface area contributed by atoms with Gasteiger partial charge < -0.3 is 14.8 Å². The zero-order valence-corrected chi connectivity index (χ0v) is 13.3. The maximum atomic E-state index is 12.2. The molecule has 6 nitrogen and oxygen atoms in total. The molecule has 0 radical (unpaired) electrons. The van der Waals surface area contributed by atoms with Crippen molar-refractivity contribution in [3.8, 4) is 11.5 Å². The van der Waals surface area contributed by atoms with E-state index in [1.807, 2.05) is 19.1 Å². The fourth-order valence-electron chi connectivity index (χ4n) is 2.12. The number of benzene rings is 1. The van der Waals surface area contributed by atoms with Crippen LogP contribution in [0.1, 0.15) is 16.1 Å². The number of aromatic nitrogens is 1. The highest BCUT2D eigenvalue weighted by molar-refractivity contribution is 7.80. The number of rotatable bonds is 2. The van der Waals surface area contributed by atoms with Gasteiger partial charge in [-0.1, -0.05) is 6.07 Å². The minimum Gasteiger partial charge on any atom is -0.486 e. The maximum absolute atomic E-state index is 12.2. The molecule has 1 amide bonds. The molecule has 2 N–H and O–H groups in total. The second-order valence-electron chi connectivity index (χ2n) is 4.93. The predicted molar refractivity (Wildman–Crippen MR) is 90.1 cm³/mol. The molecule has 0 bridgehead atoms. The number of carbonyl (C=O) groups is 1. The third-order valence-corrected chi connectivity index (χ3v) is 3.37. The van der Waals surface area contributed by atoms with Crippen LogP contribution in [-0.2, 0) is 0 Å². The standard InChI is InChI=1S/C16H15N3O3S/c1-10-3-2-4-14(17-10)18-16(23)19-15(20)11-5-6-12-13(9-11)22-8-7-21-12/h2-6,9H,7-8H2,1H3,(H2,17,18,19,20,23). The lowest BCUT2D eigenvalue weighted by molar-refractivity contribution is 0.0976. The van der Waals surface area contributed by atoms with E-state index in [-0.39, 0.29) is 11.0 Å². The minimum atomic E-state index is -0.327. The van der Waals surface area contributed by atoms with Crippen LogP contribution in [0.5, 0.6) is 11.5 Å². The monoisotopic (exact) mass is 329 g/mol. The van der Waals surface area contributed by atoms with Gasteiger partial charge in [-0.25, -0.2) is 4.98 Å². The van der Waals surface area contributed by atoms with Gasteiger partial charge in [0.05, 0.1) is 0 Å². The minimum absolute atomic E-state index is 0.183. The average Bonchev–Trinajstić information content (AvgIpc) is 2.54. The summed E-state index contributed by atoms with van der Waals surface area (Å²) in [5.74, 6) is 1.45. The van der Waals surface area contributed by atoms with E-state index in [1.165, 1.54) is 0 Å². The van der Waals surface area contributed by atoms with Crippen LogP contribution in [0.25, 0.3) is 0 Å². The number of carbonyl (C=O) groups excluding carboxylic acids is 1. The summed E-state index contributed by atoms with van der Waals surface area (Å²) in [5, 5.41) is 5.68. The van der Waals surface area contributed by atoms with Gasteiger partial charge in [-0.15, -0.1) is 0 Å². The molecule has 0 spiro atoms. The summed E-state index contributed by atoms with van der Waals surface area (Å²) >= 11 is 5.14. The molecule has 0 fully saturated rings. The number of fused-ring (bicyclic) bond motifs is 1. The number of nitrogens with one attached hydrogen (secondary N) is 2. The van der Waals surface area contributed by atoms with E-state index in [4.69, 9.17) is 21.7 Å². The van der Waals surface area contributed by atoms with Crippen LogP contribution in [0.15, 0.2) is 36.4 Å². The van der Waals surface area contributed by atoms with Crippen molar-refractivity contribution in [2.75, 3.05) is 18.5 Å². The van der Waals surface area contributed by atoms with Crippen LogP contribution in [-0.4, -0.2) is 29.2 Å². The molecule has 0 aliphatic carbocycles. The predicted octanol–water partition coefficient (Wildman–Crippen LogP) is 2.29.